The number of anilines is 1. The third kappa shape index (κ3) is 4.16. The Bertz CT molecular complexity index is 1440. The van der Waals surface area contributed by atoms with Crippen LogP contribution in [0.4, 0.5) is 19.0 Å². The largest absolute Gasteiger partial charge is 0.490 e. The molecule has 0 aliphatic heterocycles. The van der Waals surface area contributed by atoms with Crippen LogP contribution in [0.1, 0.15) is 4.88 Å². The van der Waals surface area contributed by atoms with E-state index in [1.807, 2.05) is 18.5 Å². The summed E-state index contributed by atoms with van der Waals surface area (Å²) in [5.41, 5.74) is 9.97. The van der Waals surface area contributed by atoms with Gasteiger partial charge in [-0.25, -0.2) is 9.78 Å². The van der Waals surface area contributed by atoms with Crippen LogP contribution in [0.25, 0.3) is 43.5 Å². The number of aromatic nitrogens is 2. The van der Waals surface area contributed by atoms with Crippen molar-refractivity contribution >= 4 is 55.5 Å². The summed E-state index contributed by atoms with van der Waals surface area (Å²) in [4.78, 5) is 18.7. The summed E-state index contributed by atoms with van der Waals surface area (Å²) in [5, 5.41) is 13.5. The molecule has 3 N–H and O–H groups in total. The average Bonchev–Trinajstić information content (AvgIpc) is 3.46. The van der Waals surface area contributed by atoms with Crippen LogP contribution in [0.5, 0.6) is 0 Å². The van der Waals surface area contributed by atoms with E-state index in [1.165, 1.54) is 4.88 Å². The lowest BCUT2D eigenvalue weighted by Gasteiger charge is -2.00. The van der Waals surface area contributed by atoms with Crippen molar-refractivity contribution in [1.29, 1.82) is 0 Å². The Balaban J connectivity index is 0.000000307. The topological polar surface area (TPSA) is 102 Å². The van der Waals surface area contributed by atoms with Crippen LogP contribution in [0.2, 0.25) is 0 Å². The molecule has 0 spiro atoms. The number of hydrogen-bond donors (Lipinski definition) is 2. The summed E-state index contributed by atoms with van der Waals surface area (Å²) in [5.74, 6) is -1.54. The van der Waals surface area contributed by atoms with Crippen molar-refractivity contribution in [2.45, 2.75) is 13.1 Å². The molecule has 11 heteroatoms. The quantitative estimate of drug-likeness (QED) is 0.307. The Labute approximate surface area is 186 Å². The molecule has 0 saturated heterocycles. The molecule has 0 aliphatic rings. The van der Waals surface area contributed by atoms with Gasteiger partial charge in [0.15, 0.2) is 11.4 Å². The summed E-state index contributed by atoms with van der Waals surface area (Å²) in [6.45, 7) is 2.10. The third-order valence-corrected chi connectivity index (χ3v) is 6.31. The molecular weight excluding hydrogens is 463 g/mol. The summed E-state index contributed by atoms with van der Waals surface area (Å²) in [6.07, 6.45) is 0.423. The maximum Gasteiger partial charge on any atom is 0.490 e. The van der Waals surface area contributed by atoms with Gasteiger partial charge in [0.25, 0.3) is 0 Å². The van der Waals surface area contributed by atoms with Gasteiger partial charge in [0.2, 0.25) is 0 Å². The number of nitrogen functional groups attached to an aromatic ring is 1. The van der Waals surface area contributed by atoms with Gasteiger partial charge < -0.3 is 15.3 Å². The molecule has 0 atom stereocenters. The molecule has 0 amide bonds. The number of carbonyl (C=O) groups is 1. The average molecular weight is 477 g/mol. The van der Waals surface area contributed by atoms with Crippen LogP contribution < -0.4 is 5.73 Å². The first-order chi connectivity index (χ1) is 15.1. The highest BCUT2D eigenvalue weighted by atomic mass is 32.1. The van der Waals surface area contributed by atoms with E-state index in [0.717, 1.165) is 37.9 Å². The van der Waals surface area contributed by atoms with Crippen LogP contribution in [0, 0.1) is 6.92 Å². The van der Waals surface area contributed by atoms with Crippen molar-refractivity contribution in [3.8, 4) is 22.5 Å². The van der Waals surface area contributed by atoms with E-state index >= 15 is 0 Å². The molecule has 5 rings (SSSR count). The maximum atomic E-state index is 10.6. The molecule has 0 radical (unpaired) electrons. The molecule has 32 heavy (non-hydrogen) atoms. The minimum atomic E-state index is -5.08. The van der Waals surface area contributed by atoms with Crippen molar-refractivity contribution in [3.63, 3.8) is 0 Å². The molecule has 0 unspecified atom stereocenters. The molecule has 0 aromatic carbocycles. The van der Waals surface area contributed by atoms with Crippen molar-refractivity contribution in [2.24, 2.45) is 0 Å². The predicted octanol–water partition coefficient (Wildman–Crippen LogP) is 6.36. The number of fused-ring (bicyclic) bond motifs is 2. The highest BCUT2D eigenvalue weighted by Crippen LogP contribution is 2.40. The van der Waals surface area contributed by atoms with E-state index in [9.17, 15) is 13.2 Å². The van der Waals surface area contributed by atoms with Crippen LogP contribution in [0.3, 0.4) is 0 Å². The van der Waals surface area contributed by atoms with Gasteiger partial charge in [-0.05, 0) is 36.1 Å². The number of furan rings is 1. The highest BCUT2D eigenvalue weighted by molar-refractivity contribution is 7.17. The van der Waals surface area contributed by atoms with E-state index < -0.39 is 12.1 Å². The molecule has 0 bridgehead atoms. The van der Waals surface area contributed by atoms with Gasteiger partial charge in [-0.3, -0.25) is 4.98 Å². The molecule has 5 aromatic heterocycles. The third-order valence-electron chi connectivity index (χ3n) is 4.52. The number of aryl methyl sites for hydroxylation is 1. The van der Waals surface area contributed by atoms with Gasteiger partial charge in [0, 0.05) is 50.7 Å². The summed E-state index contributed by atoms with van der Waals surface area (Å²) in [6, 6.07) is 6.24. The second-order valence-electron chi connectivity index (χ2n) is 6.68. The number of carboxylic acid groups (broad SMARTS) is 1. The lowest BCUT2D eigenvalue weighted by atomic mass is 10.1. The second-order valence-corrected chi connectivity index (χ2v) is 8.71. The lowest BCUT2D eigenvalue weighted by Crippen LogP contribution is -2.21. The van der Waals surface area contributed by atoms with Crippen LogP contribution in [-0.4, -0.2) is 27.2 Å². The monoisotopic (exact) mass is 477 g/mol. The first-order valence-electron chi connectivity index (χ1n) is 9.00. The molecular formula is C21H14F3N3O3S2. The summed E-state index contributed by atoms with van der Waals surface area (Å²) >= 11 is 3.38. The highest BCUT2D eigenvalue weighted by Gasteiger charge is 2.38. The Hall–Kier alpha value is -3.44. The van der Waals surface area contributed by atoms with Crippen molar-refractivity contribution in [3.05, 3.63) is 52.4 Å². The molecule has 5 aromatic rings. The number of rotatable bonds is 2. The number of aliphatic carboxylic acids is 1. The Morgan fingerprint density at radius 2 is 1.88 bits per heavy atom. The molecule has 5 heterocycles. The van der Waals surface area contributed by atoms with E-state index in [-0.39, 0.29) is 0 Å². The number of halogens is 3. The Morgan fingerprint density at radius 1 is 1.12 bits per heavy atom. The fourth-order valence-electron chi connectivity index (χ4n) is 3.06. The number of pyridine rings is 2. The van der Waals surface area contributed by atoms with E-state index in [4.69, 9.17) is 20.1 Å². The fourth-order valence-corrected chi connectivity index (χ4v) is 4.68. The minimum Gasteiger partial charge on any atom is -0.475 e. The Kier molecular flexibility index (Phi) is 5.61. The van der Waals surface area contributed by atoms with Crippen molar-refractivity contribution in [1.82, 2.24) is 9.97 Å². The van der Waals surface area contributed by atoms with Crippen LogP contribution in [-0.2, 0) is 4.79 Å². The second kappa shape index (κ2) is 8.24. The van der Waals surface area contributed by atoms with Crippen LogP contribution in [0.15, 0.2) is 52.0 Å². The van der Waals surface area contributed by atoms with Crippen molar-refractivity contribution < 1.29 is 27.5 Å². The molecule has 6 nitrogen and oxygen atoms in total. The SMILES string of the molecule is Cc1cc(-c2cnc(N)c3oc(-c4csc5cnccc45)cc23)cs1.O=C(O)C(F)(F)F. The molecule has 164 valence electrons. The normalized spacial score (nSPS) is 11.5. The van der Waals surface area contributed by atoms with E-state index in [2.05, 4.69) is 39.8 Å². The number of nitrogens with zero attached hydrogens (tertiary/aromatic N) is 2. The van der Waals surface area contributed by atoms with Gasteiger partial charge >= 0.3 is 12.1 Å². The minimum absolute atomic E-state index is 0.415. The summed E-state index contributed by atoms with van der Waals surface area (Å²) < 4.78 is 39.0. The number of alkyl halides is 3. The zero-order valence-electron chi connectivity index (χ0n) is 16.3. The standard InChI is InChI=1S/C19H13N3OS2.C2HF3O2/c1-10-4-11(8-24-10)14-6-22-19(20)18-13(14)5-16(23-18)15-9-25-17-7-21-3-2-12(15)17;3-2(4,5)1(6)7/h2-9H,1H3,(H2,20,22);(H,6,7). The summed E-state index contributed by atoms with van der Waals surface area (Å²) in [7, 11) is 0. The Morgan fingerprint density at radius 3 is 2.53 bits per heavy atom. The van der Waals surface area contributed by atoms with E-state index in [1.54, 1.807) is 28.9 Å². The fraction of sp³-hybridized carbons (Fsp3) is 0.0952. The van der Waals surface area contributed by atoms with Crippen molar-refractivity contribution in [2.75, 3.05) is 5.73 Å². The predicted molar refractivity (Wildman–Crippen MR) is 119 cm³/mol. The van der Waals surface area contributed by atoms with Gasteiger partial charge in [-0.15, -0.1) is 22.7 Å². The maximum absolute atomic E-state index is 10.6. The number of carboxylic acids is 1. The van der Waals surface area contributed by atoms with Gasteiger partial charge in [-0.1, -0.05) is 0 Å². The molecule has 0 fully saturated rings. The van der Waals surface area contributed by atoms with Crippen LogP contribution >= 0.6 is 22.7 Å². The van der Waals surface area contributed by atoms with Gasteiger partial charge in [0.1, 0.15) is 5.76 Å². The number of thiophene rings is 2. The van der Waals surface area contributed by atoms with Gasteiger partial charge in [-0.2, -0.15) is 13.2 Å². The van der Waals surface area contributed by atoms with E-state index in [0.29, 0.717) is 11.4 Å². The molecule has 0 aliphatic carbocycles. The lowest BCUT2D eigenvalue weighted by molar-refractivity contribution is -0.192. The number of nitrogens with two attached hydrogens (primary N) is 1. The smallest absolute Gasteiger partial charge is 0.475 e. The number of hydrogen-bond acceptors (Lipinski definition) is 7. The zero-order chi connectivity index (χ0) is 23.0. The first kappa shape index (κ1) is 21.8. The van der Waals surface area contributed by atoms with Gasteiger partial charge in [0.05, 0.1) is 4.70 Å². The first-order valence-corrected chi connectivity index (χ1v) is 10.8. The zero-order valence-corrected chi connectivity index (χ0v) is 17.9. The molecule has 0 saturated carbocycles.